The molecule has 0 spiro atoms. The lowest BCUT2D eigenvalue weighted by Gasteiger charge is -2.42. The van der Waals surface area contributed by atoms with Crippen molar-refractivity contribution >= 4 is 44.0 Å². The highest BCUT2D eigenvalue weighted by Gasteiger charge is 2.43. The predicted octanol–water partition coefficient (Wildman–Crippen LogP) is 2.69. The molecule has 1 saturated heterocycles. The van der Waals surface area contributed by atoms with Crippen molar-refractivity contribution in [3.8, 4) is 0 Å². The van der Waals surface area contributed by atoms with Crippen LogP contribution in [0, 0.1) is 6.92 Å². The Kier molecular flexibility index (Phi) is 4.22. The zero-order chi connectivity index (χ0) is 19.2. The van der Waals surface area contributed by atoms with Crippen molar-refractivity contribution in [2.24, 2.45) is 0 Å². The number of nitrogens with zero attached hydrogens (tertiary/aromatic N) is 5. The average Bonchev–Trinajstić information content (AvgIpc) is 3.08. The van der Waals surface area contributed by atoms with Gasteiger partial charge in [-0.25, -0.2) is 4.98 Å². The van der Waals surface area contributed by atoms with Gasteiger partial charge in [0.2, 0.25) is 6.39 Å². The molecule has 1 fully saturated rings. The first kappa shape index (κ1) is 16.3. The lowest BCUT2D eigenvalue weighted by Crippen LogP contribution is -2.51. The van der Waals surface area contributed by atoms with Crippen molar-refractivity contribution in [2.75, 3.05) is 19.7 Å². The number of rotatable bonds is 2. The predicted molar refractivity (Wildman–Crippen MR) is 102 cm³/mol. The molecule has 7 nitrogen and oxygen atoms in total. The molecule has 0 bridgehead atoms. The van der Waals surface area contributed by atoms with Gasteiger partial charge in [-0.1, -0.05) is 31.9 Å². The second-order valence-corrected chi connectivity index (χ2v) is 7.93. The number of hydrogen-bond acceptors (Lipinski definition) is 5. The molecule has 134 valence electrons. The summed E-state index contributed by atoms with van der Waals surface area (Å²) in [6.07, 6.45) is 0.698. The van der Waals surface area contributed by atoms with E-state index in [-0.39, 0.29) is 6.54 Å². The SMILES string of the molecule is [2H]C(=O)N1CCOC(c2cc(Br)cc(Br)c2)(c2cc(C)nc3ncnn23)C1. The summed E-state index contributed by atoms with van der Waals surface area (Å²) in [7, 11) is 0. The Morgan fingerprint density at radius 2 is 2.08 bits per heavy atom. The molecule has 0 N–H and O–H groups in total. The number of amides is 1. The summed E-state index contributed by atoms with van der Waals surface area (Å²) in [4.78, 5) is 21.9. The highest BCUT2D eigenvalue weighted by molar-refractivity contribution is 9.11. The number of fused-ring (bicyclic) bond motifs is 1. The molecule has 0 saturated carbocycles. The second kappa shape index (κ2) is 6.71. The quantitative estimate of drug-likeness (QED) is 0.526. The van der Waals surface area contributed by atoms with Crippen molar-refractivity contribution in [3.05, 3.63) is 56.5 Å². The third-order valence-electron chi connectivity index (χ3n) is 4.37. The summed E-state index contributed by atoms with van der Waals surface area (Å²) in [5.74, 6) is 0.455. The van der Waals surface area contributed by atoms with E-state index in [2.05, 4.69) is 46.9 Å². The Labute approximate surface area is 168 Å². The van der Waals surface area contributed by atoms with Gasteiger partial charge in [0, 0.05) is 21.2 Å². The summed E-state index contributed by atoms with van der Waals surface area (Å²) < 4.78 is 17.3. The van der Waals surface area contributed by atoms with Crippen molar-refractivity contribution in [1.29, 1.82) is 0 Å². The molecule has 9 heteroatoms. The first-order chi connectivity index (χ1) is 12.9. The molecule has 0 radical (unpaired) electrons. The topological polar surface area (TPSA) is 72.6 Å². The number of morpholine rings is 1. The van der Waals surface area contributed by atoms with Gasteiger partial charge in [-0.2, -0.15) is 14.6 Å². The number of hydrogen-bond donors (Lipinski definition) is 0. The van der Waals surface area contributed by atoms with E-state index in [0.29, 0.717) is 24.6 Å². The summed E-state index contributed by atoms with van der Waals surface area (Å²) in [6.45, 7) is 2.73. The lowest BCUT2D eigenvalue weighted by atomic mass is 9.87. The van der Waals surface area contributed by atoms with Crippen molar-refractivity contribution in [2.45, 2.75) is 12.5 Å². The number of carbonyl (C=O) groups excluding carboxylic acids is 1. The molecule has 26 heavy (non-hydrogen) atoms. The summed E-state index contributed by atoms with van der Waals surface area (Å²) in [6, 6.07) is 7.70. The van der Waals surface area contributed by atoms with Gasteiger partial charge in [0.15, 0.2) is 5.60 Å². The van der Waals surface area contributed by atoms with Crippen molar-refractivity contribution in [1.82, 2.24) is 24.5 Å². The lowest BCUT2D eigenvalue weighted by molar-refractivity contribution is -0.134. The highest BCUT2D eigenvalue weighted by Crippen LogP contribution is 2.39. The maximum absolute atomic E-state index is 11.8. The van der Waals surface area contributed by atoms with Crippen LogP contribution in [0.2, 0.25) is 0 Å². The Hall–Kier alpha value is -1.84. The van der Waals surface area contributed by atoms with E-state index in [1.54, 1.807) is 4.52 Å². The van der Waals surface area contributed by atoms with Gasteiger partial charge < -0.3 is 9.64 Å². The van der Waals surface area contributed by atoms with Crippen LogP contribution in [-0.2, 0) is 15.1 Å². The number of halogens is 2. The molecule has 4 rings (SSSR count). The minimum absolute atomic E-state index is 0.191. The van der Waals surface area contributed by atoms with Crippen LogP contribution in [0.4, 0.5) is 0 Å². The smallest absolute Gasteiger partial charge is 0.252 e. The Morgan fingerprint density at radius 1 is 1.31 bits per heavy atom. The third kappa shape index (κ3) is 2.93. The van der Waals surface area contributed by atoms with Gasteiger partial charge in [0.25, 0.3) is 5.78 Å². The normalized spacial score (nSPS) is 21.0. The van der Waals surface area contributed by atoms with E-state index in [9.17, 15) is 4.79 Å². The minimum atomic E-state index is -1.01. The molecule has 0 aliphatic carbocycles. The first-order valence-corrected chi connectivity index (χ1v) is 9.51. The molecule has 1 unspecified atom stereocenters. The second-order valence-electron chi connectivity index (χ2n) is 6.10. The van der Waals surface area contributed by atoms with E-state index < -0.39 is 12.0 Å². The van der Waals surface area contributed by atoms with E-state index in [0.717, 1.165) is 20.2 Å². The fourth-order valence-electron chi connectivity index (χ4n) is 3.28. The van der Waals surface area contributed by atoms with Crippen LogP contribution in [0.25, 0.3) is 5.78 Å². The van der Waals surface area contributed by atoms with E-state index in [1.807, 2.05) is 31.2 Å². The highest BCUT2D eigenvalue weighted by atomic mass is 79.9. The van der Waals surface area contributed by atoms with Crippen LogP contribution in [0.15, 0.2) is 39.5 Å². The van der Waals surface area contributed by atoms with Crippen molar-refractivity contribution < 1.29 is 10.9 Å². The van der Waals surface area contributed by atoms with Crippen LogP contribution in [0.3, 0.4) is 0 Å². The number of carbonyl (C=O) groups is 1. The van der Waals surface area contributed by atoms with E-state index in [4.69, 9.17) is 6.11 Å². The molecule has 3 heterocycles. The van der Waals surface area contributed by atoms with Gasteiger partial charge in [0.05, 0.1) is 18.8 Å². The first-order valence-electron chi connectivity index (χ1n) is 8.43. The fourth-order valence-corrected chi connectivity index (χ4v) is 4.58. The molecule has 3 aromatic rings. The molecule has 1 aromatic carbocycles. The molecular formula is C17H15Br2N5O2. The standard InChI is InChI=1S/C17H15Br2N5O2/c1-11-4-15(24-16(22-11)20-9-21-24)17(8-23(10-25)2-3-26-17)12-5-13(18)7-14(19)6-12/h4-7,9-10H,2-3,8H2,1H3/i10D. The molecule has 1 aliphatic heterocycles. The molecule has 1 amide bonds. The Balaban J connectivity index is 2.01. The van der Waals surface area contributed by atoms with Gasteiger partial charge in [-0.15, -0.1) is 0 Å². The van der Waals surface area contributed by atoms with Crippen LogP contribution >= 0.6 is 31.9 Å². The molecule has 1 atom stereocenters. The van der Waals surface area contributed by atoms with Gasteiger partial charge >= 0.3 is 0 Å². The largest absolute Gasteiger partial charge is 0.360 e. The Bertz CT molecular complexity index is 1020. The van der Waals surface area contributed by atoms with Crippen LogP contribution in [0.1, 0.15) is 18.3 Å². The van der Waals surface area contributed by atoms with E-state index in [1.165, 1.54) is 11.2 Å². The number of aryl methyl sites for hydroxylation is 1. The van der Waals surface area contributed by atoms with Crippen molar-refractivity contribution in [3.63, 3.8) is 0 Å². The van der Waals surface area contributed by atoms with Gasteiger partial charge in [0.1, 0.15) is 7.70 Å². The molecule has 1 aliphatic rings. The van der Waals surface area contributed by atoms with Crippen LogP contribution in [-0.4, -0.2) is 50.6 Å². The van der Waals surface area contributed by atoms with Crippen LogP contribution < -0.4 is 0 Å². The zero-order valence-corrected chi connectivity index (χ0v) is 17.0. The maximum atomic E-state index is 11.8. The molecular weight excluding hydrogens is 466 g/mol. The minimum Gasteiger partial charge on any atom is -0.360 e. The number of benzene rings is 1. The molecule has 2 aromatic heterocycles. The zero-order valence-electron chi connectivity index (χ0n) is 14.8. The number of ether oxygens (including phenoxy) is 1. The monoisotopic (exact) mass is 480 g/mol. The third-order valence-corrected chi connectivity index (χ3v) is 5.29. The average molecular weight is 482 g/mol. The maximum Gasteiger partial charge on any atom is 0.252 e. The summed E-state index contributed by atoms with van der Waals surface area (Å²) >= 11 is 7.05. The van der Waals surface area contributed by atoms with Gasteiger partial charge in [-0.3, -0.25) is 4.79 Å². The number of aromatic nitrogens is 4. The summed E-state index contributed by atoms with van der Waals surface area (Å²) in [5.41, 5.74) is 1.29. The van der Waals surface area contributed by atoms with Gasteiger partial charge in [-0.05, 0) is 36.8 Å². The van der Waals surface area contributed by atoms with Crippen LogP contribution in [0.5, 0.6) is 0 Å². The Morgan fingerprint density at radius 3 is 2.81 bits per heavy atom. The van der Waals surface area contributed by atoms with E-state index >= 15 is 0 Å². The fraction of sp³-hybridized carbons (Fsp3) is 0.294. The summed E-state index contributed by atoms with van der Waals surface area (Å²) in [5, 5.41) is 4.31.